The molecule has 0 N–H and O–H groups in total. The Morgan fingerprint density at radius 3 is 2.65 bits per heavy atom. The van der Waals surface area contributed by atoms with Crippen LogP contribution < -0.4 is 4.74 Å². The summed E-state index contributed by atoms with van der Waals surface area (Å²) in [6.07, 6.45) is 4.61. The maximum Gasteiger partial charge on any atom is 0.410 e. The molecule has 3 rings (SSSR count). The summed E-state index contributed by atoms with van der Waals surface area (Å²) < 4.78 is 12.5. The molecular formula is C21H30BrNO3. The summed E-state index contributed by atoms with van der Waals surface area (Å²) in [6, 6.07) is 6.07. The number of carbonyl (C=O) groups is 1. The van der Waals surface area contributed by atoms with Gasteiger partial charge in [-0.2, -0.15) is 0 Å². The van der Waals surface area contributed by atoms with Gasteiger partial charge in [-0.1, -0.05) is 22.0 Å². The van der Waals surface area contributed by atoms with E-state index in [9.17, 15) is 4.79 Å². The van der Waals surface area contributed by atoms with Gasteiger partial charge in [0.25, 0.3) is 0 Å². The number of ether oxygens (including phenoxy) is 2. The third-order valence-electron chi connectivity index (χ3n) is 5.38. The van der Waals surface area contributed by atoms with Crippen LogP contribution in [0.2, 0.25) is 0 Å². The number of hydrogen-bond acceptors (Lipinski definition) is 3. The third kappa shape index (κ3) is 4.54. The number of amides is 1. The SMILES string of the molecule is Cc1c(Br)cccc1OCCCC1CC2(C1)CN(C(=O)OC(C)(C)C)C2. The molecule has 1 aliphatic carbocycles. The van der Waals surface area contributed by atoms with Gasteiger partial charge < -0.3 is 14.4 Å². The quantitative estimate of drug-likeness (QED) is 0.581. The van der Waals surface area contributed by atoms with Gasteiger partial charge in [0.2, 0.25) is 0 Å². The normalized spacial score (nSPS) is 19.0. The fourth-order valence-corrected chi connectivity index (χ4v) is 4.49. The minimum absolute atomic E-state index is 0.163. The van der Waals surface area contributed by atoms with E-state index in [0.717, 1.165) is 47.8 Å². The first kappa shape index (κ1) is 19.5. The first-order chi connectivity index (χ1) is 12.2. The molecule has 1 saturated carbocycles. The lowest BCUT2D eigenvalue weighted by Gasteiger charge is -2.59. The number of likely N-dealkylation sites (tertiary alicyclic amines) is 1. The van der Waals surface area contributed by atoms with Crippen molar-refractivity contribution in [3.05, 3.63) is 28.2 Å². The van der Waals surface area contributed by atoms with Crippen molar-refractivity contribution in [1.29, 1.82) is 0 Å². The summed E-state index contributed by atoms with van der Waals surface area (Å²) in [5, 5.41) is 0. The topological polar surface area (TPSA) is 38.8 Å². The molecular weight excluding hydrogens is 394 g/mol. The van der Waals surface area contributed by atoms with Crippen LogP contribution >= 0.6 is 15.9 Å². The van der Waals surface area contributed by atoms with Crippen LogP contribution in [0.5, 0.6) is 5.75 Å². The largest absolute Gasteiger partial charge is 0.493 e. The average Bonchev–Trinajstić information content (AvgIpc) is 2.45. The Bertz CT molecular complexity index is 654. The van der Waals surface area contributed by atoms with Crippen LogP contribution in [0.4, 0.5) is 4.79 Å². The summed E-state index contributed by atoms with van der Waals surface area (Å²) in [6.45, 7) is 10.3. The molecule has 1 saturated heterocycles. The molecule has 1 aromatic carbocycles. The van der Waals surface area contributed by atoms with E-state index in [1.165, 1.54) is 19.3 Å². The monoisotopic (exact) mass is 423 g/mol. The van der Waals surface area contributed by atoms with Gasteiger partial charge >= 0.3 is 6.09 Å². The summed E-state index contributed by atoms with van der Waals surface area (Å²) in [4.78, 5) is 13.9. The van der Waals surface area contributed by atoms with E-state index in [4.69, 9.17) is 9.47 Å². The molecule has 1 spiro atoms. The van der Waals surface area contributed by atoms with Crippen LogP contribution in [0.1, 0.15) is 52.0 Å². The zero-order valence-corrected chi connectivity index (χ0v) is 17.9. The summed E-state index contributed by atoms with van der Waals surface area (Å²) in [7, 11) is 0. The lowest BCUT2D eigenvalue weighted by Crippen LogP contribution is -2.64. The van der Waals surface area contributed by atoms with Crippen molar-refractivity contribution in [2.75, 3.05) is 19.7 Å². The van der Waals surface area contributed by atoms with Crippen LogP contribution in [-0.2, 0) is 4.74 Å². The number of carbonyl (C=O) groups excluding carboxylic acids is 1. The van der Waals surface area contributed by atoms with Crippen molar-refractivity contribution in [3.63, 3.8) is 0 Å². The Morgan fingerprint density at radius 2 is 2.00 bits per heavy atom. The Balaban J connectivity index is 1.31. The van der Waals surface area contributed by atoms with Gasteiger partial charge in [-0.15, -0.1) is 0 Å². The summed E-state index contributed by atoms with van der Waals surface area (Å²) >= 11 is 3.54. The zero-order valence-electron chi connectivity index (χ0n) is 16.3. The van der Waals surface area contributed by atoms with Gasteiger partial charge in [-0.3, -0.25) is 0 Å². The van der Waals surface area contributed by atoms with Crippen LogP contribution in [0.3, 0.4) is 0 Å². The molecule has 1 heterocycles. The van der Waals surface area contributed by atoms with E-state index in [1.54, 1.807) is 0 Å². The minimum Gasteiger partial charge on any atom is -0.493 e. The molecule has 0 unspecified atom stereocenters. The first-order valence-corrected chi connectivity index (χ1v) is 10.3. The van der Waals surface area contributed by atoms with Crippen molar-refractivity contribution in [2.24, 2.45) is 11.3 Å². The highest BCUT2D eigenvalue weighted by Gasteiger charge is 2.53. The fraction of sp³-hybridized carbons (Fsp3) is 0.667. The number of nitrogens with zero attached hydrogens (tertiary/aromatic N) is 1. The van der Waals surface area contributed by atoms with Crippen LogP contribution in [0.25, 0.3) is 0 Å². The zero-order chi connectivity index (χ0) is 18.9. The fourth-order valence-electron chi connectivity index (χ4n) is 4.14. The molecule has 0 radical (unpaired) electrons. The van der Waals surface area contributed by atoms with Gasteiger partial charge in [0.15, 0.2) is 0 Å². The minimum atomic E-state index is -0.408. The molecule has 26 heavy (non-hydrogen) atoms. The van der Waals surface area contributed by atoms with Crippen LogP contribution in [0, 0.1) is 18.3 Å². The van der Waals surface area contributed by atoms with Crippen LogP contribution in [-0.4, -0.2) is 36.3 Å². The summed E-state index contributed by atoms with van der Waals surface area (Å²) in [5.41, 5.74) is 1.13. The van der Waals surface area contributed by atoms with Crippen molar-refractivity contribution < 1.29 is 14.3 Å². The second kappa shape index (κ2) is 7.41. The molecule has 1 aliphatic heterocycles. The molecule has 0 aromatic heterocycles. The lowest BCUT2D eigenvalue weighted by molar-refractivity contribution is -0.0971. The predicted molar refractivity (Wildman–Crippen MR) is 107 cm³/mol. The third-order valence-corrected chi connectivity index (χ3v) is 6.24. The van der Waals surface area contributed by atoms with E-state index in [1.807, 2.05) is 43.9 Å². The Morgan fingerprint density at radius 1 is 1.31 bits per heavy atom. The van der Waals surface area contributed by atoms with E-state index in [-0.39, 0.29) is 6.09 Å². The Kier molecular flexibility index (Phi) is 5.57. The van der Waals surface area contributed by atoms with E-state index in [2.05, 4.69) is 22.9 Å². The number of halogens is 1. The van der Waals surface area contributed by atoms with E-state index < -0.39 is 5.60 Å². The molecule has 1 amide bonds. The number of hydrogen-bond donors (Lipinski definition) is 0. The summed E-state index contributed by atoms with van der Waals surface area (Å²) in [5.74, 6) is 1.75. The molecule has 2 fully saturated rings. The maximum absolute atomic E-state index is 12.0. The molecule has 4 nitrogen and oxygen atoms in total. The molecule has 0 bridgehead atoms. The van der Waals surface area contributed by atoms with Gasteiger partial charge in [0.05, 0.1) is 6.61 Å². The molecule has 2 aliphatic rings. The standard InChI is InChI=1S/C21H30BrNO3/c1-15-17(22)8-5-9-18(15)25-10-6-7-16-11-21(12-16)13-23(14-21)19(24)26-20(2,3)4/h5,8-9,16H,6-7,10-14H2,1-4H3. The highest BCUT2D eigenvalue weighted by molar-refractivity contribution is 9.10. The van der Waals surface area contributed by atoms with Gasteiger partial charge in [0.1, 0.15) is 11.4 Å². The molecule has 1 aromatic rings. The van der Waals surface area contributed by atoms with Crippen molar-refractivity contribution >= 4 is 22.0 Å². The molecule has 5 heteroatoms. The van der Waals surface area contributed by atoms with Crippen molar-refractivity contribution in [1.82, 2.24) is 4.90 Å². The lowest BCUT2D eigenvalue weighted by atomic mass is 9.57. The second-order valence-corrected chi connectivity index (χ2v) is 9.82. The highest BCUT2D eigenvalue weighted by Crippen LogP contribution is 2.53. The Hall–Kier alpha value is -1.23. The number of benzene rings is 1. The van der Waals surface area contributed by atoms with Crippen molar-refractivity contribution in [2.45, 2.75) is 59.0 Å². The smallest absolute Gasteiger partial charge is 0.410 e. The second-order valence-electron chi connectivity index (χ2n) is 8.96. The van der Waals surface area contributed by atoms with Crippen molar-refractivity contribution in [3.8, 4) is 5.75 Å². The van der Waals surface area contributed by atoms with Crippen LogP contribution in [0.15, 0.2) is 22.7 Å². The maximum atomic E-state index is 12.0. The first-order valence-electron chi connectivity index (χ1n) is 9.53. The Labute approximate surface area is 165 Å². The average molecular weight is 424 g/mol. The van der Waals surface area contributed by atoms with Gasteiger partial charge in [0, 0.05) is 28.5 Å². The molecule has 0 atom stereocenters. The van der Waals surface area contributed by atoms with Gasteiger partial charge in [-0.25, -0.2) is 4.79 Å². The molecule has 144 valence electrons. The predicted octanol–water partition coefficient (Wildman–Crippen LogP) is 5.56. The van der Waals surface area contributed by atoms with Gasteiger partial charge in [-0.05, 0) is 71.4 Å². The number of rotatable bonds is 5. The highest BCUT2D eigenvalue weighted by atomic mass is 79.9. The van der Waals surface area contributed by atoms with E-state index >= 15 is 0 Å². The van der Waals surface area contributed by atoms with E-state index in [0.29, 0.717) is 5.41 Å².